The maximum Gasteiger partial charge on any atom is 0.408 e. The van der Waals surface area contributed by atoms with Gasteiger partial charge in [0, 0.05) is 12.8 Å². The van der Waals surface area contributed by atoms with Crippen LogP contribution in [0.2, 0.25) is 0 Å². The van der Waals surface area contributed by atoms with Crippen molar-refractivity contribution in [2.24, 2.45) is 0 Å². The standard InChI is InChI=1S/C27H35N5O8/c1-27(2,3)40-26(37)29-20(14-18-10-6-4-7-11-18)24(35)28-21(15-19-12-8-5-9-13-19)25(36)32(16-22(33)30-38)17-23(34)31-39/h4-13,20-21,38-39H,14-17H2,1-3H3,(H,28,35)(H,29,37)(H,30,33)(H,31,34)/t20-,21-/m0/s1. The summed E-state index contributed by atoms with van der Waals surface area (Å²) in [6.07, 6.45) is -0.800. The second kappa shape index (κ2) is 15.2. The van der Waals surface area contributed by atoms with E-state index >= 15 is 0 Å². The number of hydroxylamine groups is 2. The lowest BCUT2D eigenvalue weighted by Gasteiger charge is -2.28. The first-order valence-corrected chi connectivity index (χ1v) is 12.4. The van der Waals surface area contributed by atoms with E-state index in [-0.39, 0.29) is 12.8 Å². The van der Waals surface area contributed by atoms with Gasteiger partial charge in [-0.05, 0) is 31.9 Å². The molecule has 0 unspecified atom stereocenters. The second-order valence-corrected chi connectivity index (χ2v) is 9.90. The van der Waals surface area contributed by atoms with Gasteiger partial charge in [0.2, 0.25) is 11.8 Å². The third-order valence-corrected chi connectivity index (χ3v) is 5.42. The molecule has 0 radical (unpaired) electrons. The van der Waals surface area contributed by atoms with Crippen molar-refractivity contribution < 1.29 is 39.1 Å². The predicted molar refractivity (Wildman–Crippen MR) is 142 cm³/mol. The number of ether oxygens (including phenoxy) is 1. The minimum absolute atomic E-state index is 0.0338. The van der Waals surface area contributed by atoms with Crippen molar-refractivity contribution in [3.63, 3.8) is 0 Å². The number of benzene rings is 2. The van der Waals surface area contributed by atoms with Crippen LogP contribution in [0.4, 0.5) is 4.79 Å². The van der Waals surface area contributed by atoms with Crippen LogP contribution in [0.25, 0.3) is 0 Å². The van der Waals surface area contributed by atoms with Gasteiger partial charge in [0.15, 0.2) is 0 Å². The Labute approximate surface area is 231 Å². The van der Waals surface area contributed by atoms with E-state index in [4.69, 9.17) is 15.2 Å². The third-order valence-electron chi connectivity index (χ3n) is 5.42. The van der Waals surface area contributed by atoms with E-state index in [0.29, 0.717) is 5.56 Å². The maximum atomic E-state index is 13.6. The van der Waals surface area contributed by atoms with Crippen LogP contribution in [-0.2, 0) is 36.8 Å². The molecule has 0 aromatic heterocycles. The highest BCUT2D eigenvalue weighted by atomic mass is 16.6. The van der Waals surface area contributed by atoms with Crippen molar-refractivity contribution in [3.8, 4) is 0 Å². The molecule has 2 rings (SSSR count). The zero-order valence-corrected chi connectivity index (χ0v) is 22.5. The van der Waals surface area contributed by atoms with E-state index in [9.17, 15) is 24.0 Å². The van der Waals surface area contributed by atoms with Crippen LogP contribution in [0.15, 0.2) is 60.7 Å². The molecule has 216 valence electrons. The van der Waals surface area contributed by atoms with Crippen molar-refractivity contribution in [1.29, 1.82) is 0 Å². The van der Waals surface area contributed by atoms with Gasteiger partial charge in [-0.1, -0.05) is 60.7 Å². The number of carbonyl (C=O) groups is 5. The van der Waals surface area contributed by atoms with E-state index in [1.54, 1.807) is 81.4 Å². The monoisotopic (exact) mass is 557 g/mol. The molecule has 2 aromatic rings. The van der Waals surface area contributed by atoms with Gasteiger partial charge in [-0.25, -0.2) is 15.8 Å². The number of alkyl carbamates (subject to hydrolysis) is 1. The van der Waals surface area contributed by atoms with Gasteiger partial charge in [0.1, 0.15) is 30.8 Å². The largest absolute Gasteiger partial charge is 0.444 e. The van der Waals surface area contributed by atoms with Gasteiger partial charge >= 0.3 is 6.09 Å². The van der Waals surface area contributed by atoms with Crippen molar-refractivity contribution in [1.82, 2.24) is 26.5 Å². The molecule has 0 aliphatic heterocycles. The normalized spacial score (nSPS) is 12.3. The Kier molecular flexibility index (Phi) is 12.0. The van der Waals surface area contributed by atoms with E-state index in [1.807, 2.05) is 0 Å². The highest BCUT2D eigenvalue weighted by molar-refractivity contribution is 5.95. The lowest BCUT2D eigenvalue weighted by Crippen LogP contribution is -2.57. The Morgan fingerprint density at radius 3 is 1.62 bits per heavy atom. The van der Waals surface area contributed by atoms with E-state index in [1.165, 1.54) is 11.0 Å². The number of hydrogen-bond acceptors (Lipinski definition) is 8. The molecule has 40 heavy (non-hydrogen) atoms. The molecule has 13 heteroatoms. The fraction of sp³-hybridized carbons (Fsp3) is 0.370. The van der Waals surface area contributed by atoms with Crippen LogP contribution in [0.1, 0.15) is 31.9 Å². The second-order valence-electron chi connectivity index (χ2n) is 9.90. The van der Waals surface area contributed by atoms with Gasteiger partial charge in [-0.3, -0.25) is 29.6 Å². The summed E-state index contributed by atoms with van der Waals surface area (Å²) in [5.74, 6) is -3.57. The molecule has 0 bridgehead atoms. The van der Waals surface area contributed by atoms with Crippen LogP contribution in [-0.4, -0.2) is 75.8 Å². The van der Waals surface area contributed by atoms with Crippen molar-refractivity contribution in [3.05, 3.63) is 71.8 Å². The van der Waals surface area contributed by atoms with Gasteiger partial charge in [0.05, 0.1) is 0 Å². The quantitative estimate of drug-likeness (QED) is 0.162. The molecule has 0 fully saturated rings. The summed E-state index contributed by atoms with van der Waals surface area (Å²) in [7, 11) is 0. The average Bonchev–Trinajstić information content (AvgIpc) is 2.91. The Morgan fingerprint density at radius 2 is 1.20 bits per heavy atom. The van der Waals surface area contributed by atoms with Gasteiger partial charge in [-0.2, -0.15) is 0 Å². The summed E-state index contributed by atoms with van der Waals surface area (Å²) < 4.78 is 5.31. The van der Waals surface area contributed by atoms with Crippen LogP contribution < -0.4 is 21.6 Å². The van der Waals surface area contributed by atoms with E-state index in [0.717, 1.165) is 10.5 Å². The predicted octanol–water partition coefficient (Wildman–Crippen LogP) is 0.689. The molecule has 0 saturated carbocycles. The maximum absolute atomic E-state index is 13.6. The number of amides is 5. The third kappa shape index (κ3) is 11.1. The summed E-state index contributed by atoms with van der Waals surface area (Å²) in [5.41, 5.74) is 3.31. The zero-order chi connectivity index (χ0) is 29.7. The molecular weight excluding hydrogens is 522 g/mol. The summed E-state index contributed by atoms with van der Waals surface area (Å²) in [4.78, 5) is 64.1. The Bertz CT molecular complexity index is 1140. The van der Waals surface area contributed by atoms with Crippen LogP contribution in [0, 0.1) is 0 Å². The first-order chi connectivity index (χ1) is 18.9. The molecule has 0 heterocycles. The summed E-state index contributed by atoms with van der Waals surface area (Å²) in [5, 5.41) is 23.1. The molecular formula is C27H35N5O8. The van der Waals surface area contributed by atoms with Gasteiger partial charge < -0.3 is 20.3 Å². The summed E-state index contributed by atoms with van der Waals surface area (Å²) in [6, 6.07) is 15.1. The van der Waals surface area contributed by atoms with Crippen molar-refractivity contribution in [2.75, 3.05) is 13.1 Å². The van der Waals surface area contributed by atoms with Crippen LogP contribution in [0.3, 0.4) is 0 Å². The molecule has 0 aliphatic rings. The van der Waals surface area contributed by atoms with Crippen LogP contribution in [0.5, 0.6) is 0 Å². The molecule has 13 nitrogen and oxygen atoms in total. The first kappa shape index (κ1) is 31.7. The van der Waals surface area contributed by atoms with E-state index < -0.39 is 60.5 Å². The molecule has 6 N–H and O–H groups in total. The lowest BCUT2D eigenvalue weighted by molar-refractivity contribution is -0.145. The van der Waals surface area contributed by atoms with Gasteiger partial charge in [0.25, 0.3) is 11.8 Å². The van der Waals surface area contributed by atoms with Crippen molar-refractivity contribution in [2.45, 2.75) is 51.3 Å². The van der Waals surface area contributed by atoms with Gasteiger partial charge in [-0.15, -0.1) is 0 Å². The number of nitrogens with one attached hydrogen (secondary N) is 4. The SMILES string of the molecule is CC(C)(C)OC(=O)N[C@@H](Cc1ccccc1)C(=O)N[C@@H](Cc1ccccc1)C(=O)N(CC(=O)NO)CC(=O)NO. The Hall–Kier alpha value is -4.49. The zero-order valence-electron chi connectivity index (χ0n) is 22.5. The smallest absolute Gasteiger partial charge is 0.408 e. The van der Waals surface area contributed by atoms with Crippen molar-refractivity contribution >= 4 is 29.7 Å². The topological polar surface area (TPSA) is 186 Å². The molecule has 0 aliphatic carbocycles. The fourth-order valence-corrected chi connectivity index (χ4v) is 3.68. The highest BCUT2D eigenvalue weighted by Crippen LogP contribution is 2.11. The minimum atomic E-state index is -1.30. The average molecular weight is 558 g/mol. The molecule has 2 aromatic carbocycles. The summed E-state index contributed by atoms with van der Waals surface area (Å²) in [6.45, 7) is 3.54. The molecule has 0 spiro atoms. The lowest BCUT2D eigenvalue weighted by atomic mass is 10.0. The molecule has 2 atom stereocenters. The Morgan fingerprint density at radius 1 is 0.750 bits per heavy atom. The number of carbonyl (C=O) groups excluding carboxylic acids is 5. The highest BCUT2D eigenvalue weighted by Gasteiger charge is 2.32. The molecule has 5 amide bonds. The first-order valence-electron chi connectivity index (χ1n) is 12.4. The summed E-state index contributed by atoms with van der Waals surface area (Å²) >= 11 is 0. The number of hydrogen-bond donors (Lipinski definition) is 6. The minimum Gasteiger partial charge on any atom is -0.444 e. The Balaban J connectivity index is 2.38. The molecule has 0 saturated heterocycles. The van der Waals surface area contributed by atoms with E-state index in [2.05, 4.69) is 10.6 Å². The number of nitrogens with zero attached hydrogens (tertiary/aromatic N) is 1. The fourth-order valence-electron chi connectivity index (χ4n) is 3.68. The van der Waals surface area contributed by atoms with Crippen LogP contribution >= 0.6 is 0 Å². The number of rotatable bonds is 12.